The van der Waals surface area contributed by atoms with E-state index in [4.69, 9.17) is 0 Å². The number of fused-ring (bicyclic) bond motifs is 3. The first kappa shape index (κ1) is 32.7. The second kappa shape index (κ2) is 11.3. The van der Waals surface area contributed by atoms with Gasteiger partial charge in [0.05, 0.1) is 0 Å². The van der Waals surface area contributed by atoms with Gasteiger partial charge in [0.25, 0.3) is 0 Å². The molecule has 0 aliphatic heterocycles. The number of hydrogen-bond acceptors (Lipinski definition) is 0. The van der Waals surface area contributed by atoms with Crippen molar-refractivity contribution in [1.29, 1.82) is 0 Å². The van der Waals surface area contributed by atoms with Crippen LogP contribution in [-0.2, 0) is 10.8 Å². The van der Waals surface area contributed by atoms with E-state index in [0.717, 1.165) is 0 Å². The van der Waals surface area contributed by atoms with Crippen molar-refractivity contribution in [3.05, 3.63) is 180 Å². The van der Waals surface area contributed by atoms with Crippen LogP contribution >= 0.6 is 0 Å². The van der Waals surface area contributed by atoms with Gasteiger partial charge in [0.15, 0.2) is 0 Å². The van der Waals surface area contributed by atoms with Crippen molar-refractivity contribution in [2.45, 2.75) is 45.4 Å². The Morgan fingerprint density at radius 1 is 0.333 bits per heavy atom. The molecule has 0 nitrogen and oxygen atoms in total. The van der Waals surface area contributed by atoms with E-state index in [1.165, 1.54) is 126 Å². The summed E-state index contributed by atoms with van der Waals surface area (Å²) in [7, 11) is 0. The highest BCUT2D eigenvalue weighted by atomic mass is 14.4. The molecule has 270 valence electrons. The summed E-state index contributed by atoms with van der Waals surface area (Å²) in [6.45, 7) is 11.7. The Balaban J connectivity index is 0.904. The molecule has 0 radical (unpaired) electrons. The molecule has 0 amide bonds. The molecule has 0 atom stereocenters. The zero-order valence-corrected chi connectivity index (χ0v) is 33.1. The second-order valence-corrected chi connectivity index (χ2v) is 18.1. The van der Waals surface area contributed by atoms with Crippen LogP contribution in [0.5, 0.6) is 0 Å². The summed E-state index contributed by atoms with van der Waals surface area (Å²) in [5.41, 5.74) is 14.5. The van der Waals surface area contributed by atoms with Crippen LogP contribution in [0.4, 0.5) is 0 Å². The van der Waals surface area contributed by atoms with Crippen molar-refractivity contribution in [3.63, 3.8) is 0 Å². The summed E-state index contributed by atoms with van der Waals surface area (Å²) in [5.74, 6) is 0. The Morgan fingerprint density at radius 2 is 0.737 bits per heavy atom. The molecule has 0 heterocycles. The lowest BCUT2D eigenvalue weighted by Gasteiger charge is -2.23. The van der Waals surface area contributed by atoms with Gasteiger partial charge in [-0.05, 0) is 143 Å². The summed E-state index contributed by atoms with van der Waals surface area (Å²) in [4.78, 5) is 0. The first-order valence-corrected chi connectivity index (χ1v) is 20.4. The van der Waals surface area contributed by atoms with Gasteiger partial charge in [0.2, 0.25) is 0 Å². The topological polar surface area (TPSA) is 0 Å². The molecule has 0 aromatic heterocycles. The fourth-order valence-corrected chi connectivity index (χ4v) is 10.4. The lowest BCUT2D eigenvalue weighted by molar-refractivity contribution is 0.591. The van der Waals surface area contributed by atoms with Crippen molar-refractivity contribution in [2.24, 2.45) is 0 Å². The maximum Gasteiger partial charge on any atom is 0.0159 e. The minimum atomic E-state index is -0.129. The molecule has 11 aromatic carbocycles. The monoisotopic (exact) mass is 726 g/mol. The zero-order valence-electron chi connectivity index (χ0n) is 33.1. The highest BCUT2D eigenvalue weighted by molar-refractivity contribution is 6.27. The number of hydrogen-bond donors (Lipinski definition) is 0. The highest BCUT2D eigenvalue weighted by Gasteiger charge is 2.36. The van der Waals surface area contributed by atoms with Gasteiger partial charge in [-0.3, -0.25) is 0 Å². The predicted octanol–water partition coefficient (Wildman–Crippen LogP) is 16.1. The van der Waals surface area contributed by atoms with E-state index in [1.807, 2.05) is 0 Å². The van der Waals surface area contributed by atoms with Crippen LogP contribution in [0.15, 0.2) is 164 Å². The van der Waals surface area contributed by atoms with Crippen LogP contribution in [0.3, 0.4) is 0 Å². The van der Waals surface area contributed by atoms with Crippen LogP contribution in [0.25, 0.3) is 109 Å². The third-order valence-electron chi connectivity index (χ3n) is 13.5. The molecule has 0 spiro atoms. The first-order valence-electron chi connectivity index (χ1n) is 20.4. The molecule has 11 aromatic rings. The van der Waals surface area contributed by atoms with Crippen LogP contribution in [0, 0.1) is 0 Å². The van der Waals surface area contributed by atoms with Crippen LogP contribution < -0.4 is 0 Å². The normalized spacial score (nSPS) is 13.8. The standard InChI is InChI=1S/C57H42/c1-56(2,3)43-29-41-16-15-38-17-23-44(48-28-22-42(30-43)53(41)55(38)48)34-11-9-33(10-12-34)39-20-25-46-47-26-21-40(32-51(47)57(4,5)50(46)31-39)45-24-18-37-14-13-35-7-6-8-36-19-27-49(45)54(37)52(35)36/h6-32H,1-5H3. The molecule has 0 saturated heterocycles. The Hall–Kier alpha value is -6.50. The van der Waals surface area contributed by atoms with Gasteiger partial charge in [-0.15, -0.1) is 0 Å². The highest BCUT2D eigenvalue weighted by Crippen LogP contribution is 2.51. The molecule has 0 unspecified atom stereocenters. The Bertz CT molecular complexity index is 3410. The molecular weight excluding hydrogens is 685 g/mol. The zero-order chi connectivity index (χ0) is 38.4. The maximum atomic E-state index is 2.47. The third kappa shape index (κ3) is 4.62. The summed E-state index contributed by atoms with van der Waals surface area (Å²) < 4.78 is 0. The third-order valence-corrected chi connectivity index (χ3v) is 13.5. The van der Waals surface area contributed by atoms with E-state index < -0.39 is 0 Å². The summed E-state index contributed by atoms with van der Waals surface area (Å²) >= 11 is 0. The molecule has 1 aliphatic rings. The maximum absolute atomic E-state index is 2.47. The molecule has 12 rings (SSSR count). The summed E-state index contributed by atoms with van der Waals surface area (Å²) in [5, 5.41) is 16.0. The summed E-state index contributed by atoms with van der Waals surface area (Å²) in [6.07, 6.45) is 0. The Kier molecular flexibility index (Phi) is 6.49. The minimum Gasteiger partial charge on any atom is -0.0610 e. The lowest BCUT2D eigenvalue weighted by Crippen LogP contribution is -2.15. The first-order chi connectivity index (χ1) is 27.6. The molecule has 0 heteroatoms. The van der Waals surface area contributed by atoms with E-state index >= 15 is 0 Å². The lowest BCUT2D eigenvalue weighted by atomic mass is 9.80. The van der Waals surface area contributed by atoms with Crippen molar-refractivity contribution < 1.29 is 0 Å². The number of rotatable bonds is 3. The molecule has 57 heavy (non-hydrogen) atoms. The van der Waals surface area contributed by atoms with Gasteiger partial charge in [-0.1, -0.05) is 186 Å². The molecule has 0 saturated carbocycles. The SMILES string of the molecule is CC(C)(C)c1cc2ccc3ccc(-c4ccc(-c5ccc6c(c5)C(C)(C)c5cc(-c7ccc8ccc9cccc%10ccc7c8c9%10)ccc5-6)cc4)c4ccc(c1)c2c34. The van der Waals surface area contributed by atoms with Crippen molar-refractivity contribution in [2.75, 3.05) is 0 Å². The fourth-order valence-electron chi connectivity index (χ4n) is 10.4. The van der Waals surface area contributed by atoms with Crippen molar-refractivity contribution >= 4 is 64.6 Å². The van der Waals surface area contributed by atoms with E-state index in [0.29, 0.717) is 0 Å². The van der Waals surface area contributed by atoms with Gasteiger partial charge >= 0.3 is 0 Å². The fraction of sp³-hybridized carbons (Fsp3) is 0.123. The average molecular weight is 727 g/mol. The van der Waals surface area contributed by atoms with Gasteiger partial charge in [0, 0.05) is 5.41 Å². The Labute approximate surface area is 333 Å². The van der Waals surface area contributed by atoms with Crippen LogP contribution in [0.2, 0.25) is 0 Å². The van der Waals surface area contributed by atoms with Crippen molar-refractivity contribution in [3.8, 4) is 44.5 Å². The molecular formula is C57H42. The van der Waals surface area contributed by atoms with E-state index in [-0.39, 0.29) is 10.8 Å². The second-order valence-electron chi connectivity index (χ2n) is 18.1. The van der Waals surface area contributed by atoms with Crippen molar-refractivity contribution in [1.82, 2.24) is 0 Å². The number of benzene rings is 11. The molecule has 1 aliphatic carbocycles. The minimum absolute atomic E-state index is 0.104. The van der Waals surface area contributed by atoms with Gasteiger partial charge in [0.1, 0.15) is 0 Å². The van der Waals surface area contributed by atoms with Gasteiger partial charge in [-0.2, -0.15) is 0 Å². The van der Waals surface area contributed by atoms with Crippen LogP contribution in [0.1, 0.15) is 51.3 Å². The van der Waals surface area contributed by atoms with Gasteiger partial charge < -0.3 is 0 Å². The molecule has 0 N–H and O–H groups in total. The average Bonchev–Trinajstić information content (AvgIpc) is 3.46. The smallest absolute Gasteiger partial charge is 0.0159 e. The summed E-state index contributed by atoms with van der Waals surface area (Å²) in [6, 6.07) is 62.6. The quantitative estimate of drug-likeness (QED) is 0.159. The largest absolute Gasteiger partial charge is 0.0610 e. The van der Waals surface area contributed by atoms with E-state index in [9.17, 15) is 0 Å². The molecule has 0 fully saturated rings. The molecule has 0 bridgehead atoms. The Morgan fingerprint density at radius 3 is 1.33 bits per heavy atom. The van der Waals surface area contributed by atoms with Crippen LogP contribution in [-0.4, -0.2) is 0 Å². The van der Waals surface area contributed by atoms with Gasteiger partial charge in [-0.25, -0.2) is 0 Å². The predicted molar refractivity (Wildman–Crippen MR) is 246 cm³/mol. The van der Waals surface area contributed by atoms with E-state index in [1.54, 1.807) is 0 Å². The van der Waals surface area contributed by atoms with E-state index in [2.05, 4.69) is 198 Å².